The number of hydrogen-bond acceptors (Lipinski definition) is 3. The van der Waals surface area contributed by atoms with Crippen LogP contribution in [-0.2, 0) is 6.54 Å². The monoisotopic (exact) mass is 350 g/mol. The molecule has 0 saturated heterocycles. The zero-order valence-electron chi connectivity index (χ0n) is 15.1. The van der Waals surface area contributed by atoms with Crippen LogP contribution in [0.5, 0.6) is 0 Å². The lowest BCUT2D eigenvalue weighted by Gasteiger charge is -2.19. The summed E-state index contributed by atoms with van der Waals surface area (Å²) < 4.78 is 1.64. The van der Waals surface area contributed by atoms with Gasteiger partial charge in [-0.05, 0) is 38.5 Å². The van der Waals surface area contributed by atoms with Crippen LogP contribution in [0.1, 0.15) is 47.4 Å². The molecule has 2 amide bonds. The number of pyridine rings is 1. The van der Waals surface area contributed by atoms with E-state index in [1.807, 2.05) is 57.2 Å². The molecule has 2 heterocycles. The van der Waals surface area contributed by atoms with Gasteiger partial charge in [0, 0.05) is 18.3 Å². The molecule has 6 heteroatoms. The van der Waals surface area contributed by atoms with Crippen LogP contribution in [-0.4, -0.2) is 26.7 Å². The van der Waals surface area contributed by atoms with Crippen molar-refractivity contribution in [3.63, 3.8) is 0 Å². The van der Waals surface area contributed by atoms with Gasteiger partial charge in [-0.25, -0.2) is 4.98 Å². The van der Waals surface area contributed by atoms with E-state index in [4.69, 9.17) is 0 Å². The molecule has 2 aromatic heterocycles. The Morgan fingerprint density at radius 1 is 1.00 bits per heavy atom. The summed E-state index contributed by atoms with van der Waals surface area (Å²) in [6, 6.07) is 15.0. The Hall–Kier alpha value is -3.15. The minimum atomic E-state index is -0.395. The number of nitrogens with one attached hydrogen (secondary N) is 2. The van der Waals surface area contributed by atoms with E-state index in [0.717, 1.165) is 5.56 Å². The van der Waals surface area contributed by atoms with E-state index in [1.165, 1.54) is 0 Å². The fourth-order valence-corrected chi connectivity index (χ4v) is 2.62. The highest BCUT2D eigenvalue weighted by Crippen LogP contribution is 2.14. The summed E-state index contributed by atoms with van der Waals surface area (Å²) in [6.45, 7) is 6.09. The van der Waals surface area contributed by atoms with Crippen LogP contribution in [0.4, 0.5) is 0 Å². The van der Waals surface area contributed by atoms with Gasteiger partial charge in [-0.3, -0.25) is 14.0 Å². The molecule has 0 spiro atoms. The van der Waals surface area contributed by atoms with Crippen molar-refractivity contribution in [2.45, 2.75) is 32.9 Å². The summed E-state index contributed by atoms with van der Waals surface area (Å²) in [6.07, 6.45) is 1.73. The van der Waals surface area contributed by atoms with E-state index in [2.05, 4.69) is 15.6 Å². The standard InChI is InChI=1S/C20H22N4O2/c1-20(2,3)23-19(26)17-22-16(15-11-7-8-12-24(15)17)18(25)21-13-14-9-5-4-6-10-14/h4-12H,13H2,1-3H3,(H,21,25)(H,23,26). The van der Waals surface area contributed by atoms with Crippen LogP contribution >= 0.6 is 0 Å². The number of nitrogens with zero attached hydrogens (tertiary/aromatic N) is 2. The van der Waals surface area contributed by atoms with Gasteiger partial charge in [-0.15, -0.1) is 0 Å². The van der Waals surface area contributed by atoms with Crippen molar-refractivity contribution in [3.8, 4) is 0 Å². The van der Waals surface area contributed by atoms with Crippen molar-refractivity contribution in [1.82, 2.24) is 20.0 Å². The fourth-order valence-electron chi connectivity index (χ4n) is 2.62. The van der Waals surface area contributed by atoms with Crippen LogP contribution in [0.15, 0.2) is 54.7 Å². The second kappa shape index (κ2) is 7.00. The third kappa shape index (κ3) is 3.91. The number of hydrogen-bond donors (Lipinski definition) is 2. The summed E-state index contributed by atoms with van der Waals surface area (Å²) in [5, 5.41) is 5.75. The van der Waals surface area contributed by atoms with E-state index in [-0.39, 0.29) is 23.3 Å². The molecule has 3 rings (SSSR count). The summed E-state index contributed by atoms with van der Waals surface area (Å²) in [5.41, 5.74) is 1.43. The van der Waals surface area contributed by atoms with E-state index in [0.29, 0.717) is 12.1 Å². The largest absolute Gasteiger partial charge is 0.347 e. The molecule has 0 unspecified atom stereocenters. The van der Waals surface area contributed by atoms with Crippen LogP contribution in [0.2, 0.25) is 0 Å². The molecule has 1 aromatic carbocycles. The van der Waals surface area contributed by atoms with Crippen LogP contribution in [0.3, 0.4) is 0 Å². The molecule has 2 N–H and O–H groups in total. The van der Waals surface area contributed by atoms with Crippen molar-refractivity contribution in [1.29, 1.82) is 0 Å². The van der Waals surface area contributed by atoms with Gasteiger partial charge in [0.2, 0.25) is 5.82 Å². The highest BCUT2D eigenvalue weighted by Gasteiger charge is 2.23. The number of imidazole rings is 1. The van der Waals surface area contributed by atoms with Crippen molar-refractivity contribution in [3.05, 3.63) is 71.8 Å². The van der Waals surface area contributed by atoms with Gasteiger partial charge in [0.15, 0.2) is 5.69 Å². The van der Waals surface area contributed by atoms with Gasteiger partial charge >= 0.3 is 0 Å². The third-order valence-electron chi connectivity index (χ3n) is 3.75. The van der Waals surface area contributed by atoms with E-state index >= 15 is 0 Å². The highest BCUT2D eigenvalue weighted by atomic mass is 16.2. The van der Waals surface area contributed by atoms with Gasteiger partial charge < -0.3 is 10.6 Å². The lowest BCUT2D eigenvalue weighted by Crippen LogP contribution is -2.41. The summed E-state index contributed by atoms with van der Waals surface area (Å²) in [4.78, 5) is 29.5. The van der Waals surface area contributed by atoms with Crippen LogP contribution in [0.25, 0.3) is 5.52 Å². The molecule has 134 valence electrons. The van der Waals surface area contributed by atoms with Gasteiger partial charge in [0.05, 0.1) is 5.52 Å². The van der Waals surface area contributed by atoms with Crippen molar-refractivity contribution in [2.24, 2.45) is 0 Å². The molecule has 0 saturated carbocycles. The van der Waals surface area contributed by atoms with Crippen LogP contribution < -0.4 is 10.6 Å². The minimum Gasteiger partial charge on any atom is -0.347 e. The smallest absolute Gasteiger partial charge is 0.288 e. The van der Waals surface area contributed by atoms with Gasteiger partial charge in [0.25, 0.3) is 11.8 Å². The zero-order valence-corrected chi connectivity index (χ0v) is 15.1. The Morgan fingerprint density at radius 3 is 2.38 bits per heavy atom. The lowest BCUT2D eigenvalue weighted by atomic mass is 10.1. The predicted molar refractivity (Wildman–Crippen MR) is 100 cm³/mol. The second-order valence-electron chi connectivity index (χ2n) is 7.11. The number of carbonyl (C=O) groups is 2. The predicted octanol–water partition coefficient (Wildman–Crippen LogP) is 2.79. The Labute approximate surface area is 152 Å². The number of benzene rings is 1. The summed E-state index contributed by atoms with van der Waals surface area (Å²) in [7, 11) is 0. The molecule has 0 aliphatic heterocycles. The van der Waals surface area contributed by atoms with E-state index in [9.17, 15) is 9.59 Å². The third-order valence-corrected chi connectivity index (χ3v) is 3.75. The fraction of sp³-hybridized carbons (Fsp3) is 0.250. The second-order valence-corrected chi connectivity index (χ2v) is 7.11. The molecule has 0 bridgehead atoms. The Kier molecular flexibility index (Phi) is 4.75. The van der Waals surface area contributed by atoms with Crippen molar-refractivity contribution in [2.75, 3.05) is 0 Å². The maximum absolute atomic E-state index is 12.6. The highest BCUT2D eigenvalue weighted by molar-refractivity contribution is 6.02. The zero-order chi connectivity index (χ0) is 18.7. The Balaban J connectivity index is 1.89. The topological polar surface area (TPSA) is 75.5 Å². The van der Waals surface area contributed by atoms with Gasteiger partial charge in [0.1, 0.15) is 0 Å². The van der Waals surface area contributed by atoms with Crippen molar-refractivity contribution >= 4 is 17.3 Å². The SMILES string of the molecule is CC(C)(C)NC(=O)c1nc(C(=O)NCc2ccccc2)c2ccccn12. The van der Waals surface area contributed by atoms with Gasteiger partial charge in [-0.1, -0.05) is 36.4 Å². The number of aromatic nitrogens is 2. The molecule has 26 heavy (non-hydrogen) atoms. The van der Waals surface area contributed by atoms with E-state index < -0.39 is 5.54 Å². The average molecular weight is 350 g/mol. The average Bonchev–Trinajstić information content (AvgIpc) is 2.99. The first kappa shape index (κ1) is 17.7. The normalized spacial score (nSPS) is 11.3. The molecule has 0 atom stereocenters. The Morgan fingerprint density at radius 2 is 1.69 bits per heavy atom. The molecule has 0 fully saturated rings. The molecular weight excluding hydrogens is 328 g/mol. The number of carbonyl (C=O) groups excluding carboxylic acids is 2. The maximum Gasteiger partial charge on any atom is 0.288 e. The number of rotatable bonds is 4. The minimum absolute atomic E-state index is 0.195. The molecular formula is C20H22N4O2. The first-order valence-electron chi connectivity index (χ1n) is 8.47. The van der Waals surface area contributed by atoms with Crippen molar-refractivity contribution < 1.29 is 9.59 Å². The summed E-state index contributed by atoms with van der Waals surface area (Å²) in [5.74, 6) is -0.437. The molecule has 0 aliphatic rings. The molecule has 3 aromatic rings. The van der Waals surface area contributed by atoms with E-state index in [1.54, 1.807) is 22.7 Å². The quantitative estimate of drug-likeness (QED) is 0.760. The first-order valence-corrected chi connectivity index (χ1v) is 8.47. The lowest BCUT2D eigenvalue weighted by molar-refractivity contribution is 0.0908. The number of amides is 2. The molecule has 6 nitrogen and oxygen atoms in total. The first-order chi connectivity index (χ1) is 12.3. The molecule has 0 aliphatic carbocycles. The summed E-state index contributed by atoms with van der Waals surface area (Å²) >= 11 is 0. The van der Waals surface area contributed by atoms with Gasteiger partial charge in [-0.2, -0.15) is 0 Å². The number of fused-ring (bicyclic) bond motifs is 1. The maximum atomic E-state index is 12.6. The molecule has 0 radical (unpaired) electrons. The Bertz CT molecular complexity index is 939. The van der Waals surface area contributed by atoms with Crippen LogP contribution in [0, 0.1) is 0 Å².